The van der Waals surface area contributed by atoms with E-state index in [0.29, 0.717) is 18.1 Å². The van der Waals surface area contributed by atoms with Crippen molar-refractivity contribution in [1.82, 2.24) is 4.90 Å². The maximum Gasteiger partial charge on any atom is 0.410 e. The van der Waals surface area contributed by atoms with E-state index in [2.05, 4.69) is 30.8 Å². The van der Waals surface area contributed by atoms with Crippen molar-refractivity contribution < 1.29 is 19.1 Å². The molecule has 154 valence electrons. The maximum absolute atomic E-state index is 12.9. The van der Waals surface area contributed by atoms with Crippen LogP contribution in [0.2, 0.25) is 0 Å². The van der Waals surface area contributed by atoms with Crippen LogP contribution in [-0.4, -0.2) is 29.3 Å². The number of rotatable bonds is 7. The fraction of sp³-hybridized carbons (Fsp3) is 0.240. The predicted molar refractivity (Wildman–Crippen MR) is 115 cm³/mol. The summed E-state index contributed by atoms with van der Waals surface area (Å²) in [7, 11) is 0. The molecule has 30 heavy (non-hydrogen) atoms. The quantitative estimate of drug-likeness (QED) is 0.558. The molecule has 1 N–H and O–H groups in total. The predicted octanol–water partition coefficient (Wildman–Crippen LogP) is 5.10. The van der Waals surface area contributed by atoms with Gasteiger partial charge in [-0.1, -0.05) is 60.7 Å². The largest absolute Gasteiger partial charge is 0.462 e. The number of carbonyl (C=O) groups is 1. The summed E-state index contributed by atoms with van der Waals surface area (Å²) < 4.78 is 11.3. The molecule has 0 unspecified atom stereocenters. The van der Waals surface area contributed by atoms with Crippen molar-refractivity contribution in [2.24, 2.45) is 0 Å². The van der Waals surface area contributed by atoms with Crippen LogP contribution in [0.15, 0.2) is 77.2 Å². The van der Waals surface area contributed by atoms with Gasteiger partial charge in [0.15, 0.2) is 0 Å². The van der Waals surface area contributed by atoms with Gasteiger partial charge in [0.2, 0.25) is 0 Å². The van der Waals surface area contributed by atoms with Gasteiger partial charge in [0, 0.05) is 12.5 Å². The lowest BCUT2D eigenvalue weighted by Crippen LogP contribution is -2.33. The number of hydrogen-bond donors (Lipinski definition) is 1. The number of hydrogen-bond acceptors (Lipinski definition) is 4. The molecule has 0 fully saturated rings. The fourth-order valence-electron chi connectivity index (χ4n) is 3.98. The number of nitrogens with zero attached hydrogens (tertiary/aromatic N) is 1. The summed E-state index contributed by atoms with van der Waals surface area (Å²) in [5.74, 6) is 1.07. The van der Waals surface area contributed by atoms with Crippen LogP contribution in [-0.2, 0) is 17.9 Å². The van der Waals surface area contributed by atoms with E-state index in [0.717, 1.165) is 5.57 Å². The second kappa shape index (κ2) is 8.59. The van der Waals surface area contributed by atoms with Crippen molar-refractivity contribution in [3.63, 3.8) is 0 Å². The van der Waals surface area contributed by atoms with Gasteiger partial charge >= 0.3 is 6.09 Å². The minimum Gasteiger partial charge on any atom is -0.462 e. The van der Waals surface area contributed by atoms with E-state index in [-0.39, 0.29) is 25.7 Å². The second-order valence-corrected chi connectivity index (χ2v) is 7.64. The summed E-state index contributed by atoms with van der Waals surface area (Å²) in [5.41, 5.74) is 5.59. The lowest BCUT2D eigenvalue weighted by atomic mass is 9.98. The molecule has 3 aromatic rings. The SMILES string of the molecule is C=C(C)CN(Cc1ccc(CO)o1)C(=O)OCC1c2ccccc2-c2ccccc21. The highest BCUT2D eigenvalue weighted by Crippen LogP contribution is 2.44. The molecule has 0 spiro atoms. The highest BCUT2D eigenvalue weighted by molar-refractivity contribution is 5.79. The Morgan fingerprint density at radius 2 is 1.63 bits per heavy atom. The molecule has 0 atom stereocenters. The molecule has 2 aromatic carbocycles. The molecule has 0 saturated carbocycles. The molecule has 5 heteroatoms. The van der Waals surface area contributed by atoms with Gasteiger partial charge in [-0.25, -0.2) is 4.79 Å². The molecule has 1 heterocycles. The first-order chi connectivity index (χ1) is 14.6. The monoisotopic (exact) mass is 403 g/mol. The zero-order valence-corrected chi connectivity index (χ0v) is 17.0. The van der Waals surface area contributed by atoms with E-state index in [9.17, 15) is 9.90 Å². The van der Waals surface area contributed by atoms with E-state index >= 15 is 0 Å². The summed E-state index contributed by atoms with van der Waals surface area (Å²) in [6.45, 7) is 6.49. The average molecular weight is 403 g/mol. The van der Waals surface area contributed by atoms with Crippen molar-refractivity contribution in [3.8, 4) is 11.1 Å². The van der Waals surface area contributed by atoms with E-state index in [1.54, 1.807) is 17.0 Å². The standard InChI is InChI=1S/C25H25NO4/c1-17(2)13-26(14-18-11-12-19(15-27)30-18)25(28)29-16-24-22-9-5-3-7-20(22)21-8-4-6-10-23(21)24/h3-12,24,27H,1,13-16H2,2H3. The highest BCUT2D eigenvalue weighted by atomic mass is 16.6. The molecule has 5 nitrogen and oxygen atoms in total. The van der Waals surface area contributed by atoms with Crippen LogP contribution >= 0.6 is 0 Å². The Labute approximate surface area is 176 Å². The summed E-state index contributed by atoms with van der Waals surface area (Å²) in [6.07, 6.45) is -0.415. The Bertz CT molecular complexity index is 1020. The Hall–Kier alpha value is -3.31. The van der Waals surface area contributed by atoms with E-state index in [1.807, 2.05) is 31.2 Å². The minimum absolute atomic E-state index is 0.0117. The lowest BCUT2D eigenvalue weighted by molar-refractivity contribution is 0.0976. The van der Waals surface area contributed by atoms with Gasteiger partial charge in [-0.15, -0.1) is 0 Å². The zero-order valence-electron chi connectivity index (χ0n) is 17.0. The number of aliphatic hydroxyl groups excluding tert-OH is 1. The van der Waals surface area contributed by atoms with Gasteiger partial charge in [-0.2, -0.15) is 0 Å². The van der Waals surface area contributed by atoms with Crippen molar-refractivity contribution in [1.29, 1.82) is 0 Å². The summed E-state index contributed by atoms with van der Waals surface area (Å²) in [5, 5.41) is 9.19. The molecule has 0 aliphatic heterocycles. The topological polar surface area (TPSA) is 62.9 Å². The molecule has 1 aliphatic rings. The van der Waals surface area contributed by atoms with Crippen LogP contribution in [0.4, 0.5) is 4.79 Å². The molecular weight excluding hydrogens is 378 g/mol. The first-order valence-electron chi connectivity index (χ1n) is 9.99. The lowest BCUT2D eigenvalue weighted by Gasteiger charge is -2.23. The second-order valence-electron chi connectivity index (χ2n) is 7.64. The third kappa shape index (κ3) is 4.02. The van der Waals surface area contributed by atoms with Gasteiger partial charge in [-0.3, -0.25) is 4.90 Å². The molecule has 0 radical (unpaired) electrons. The molecule has 4 rings (SSSR count). The van der Waals surface area contributed by atoms with Crippen molar-refractivity contribution in [2.45, 2.75) is 26.0 Å². The first-order valence-corrected chi connectivity index (χ1v) is 9.99. The minimum atomic E-state index is -0.415. The third-order valence-corrected chi connectivity index (χ3v) is 5.27. The Morgan fingerprint density at radius 3 is 2.20 bits per heavy atom. The highest BCUT2D eigenvalue weighted by Gasteiger charge is 2.29. The number of furan rings is 1. The maximum atomic E-state index is 12.9. The van der Waals surface area contributed by atoms with Crippen LogP contribution in [0, 0.1) is 0 Å². The molecule has 1 aliphatic carbocycles. The first kappa shape index (κ1) is 20.0. The van der Waals surface area contributed by atoms with Gasteiger partial charge < -0.3 is 14.3 Å². The summed E-state index contributed by atoms with van der Waals surface area (Å²) in [6, 6.07) is 20.0. The number of aliphatic hydroxyl groups is 1. The molecule has 0 bridgehead atoms. The van der Waals surface area contributed by atoms with Crippen LogP contribution in [0.3, 0.4) is 0 Å². The zero-order chi connectivity index (χ0) is 21.1. The van der Waals surface area contributed by atoms with Crippen molar-refractivity contribution in [2.75, 3.05) is 13.2 Å². The van der Waals surface area contributed by atoms with E-state index < -0.39 is 6.09 Å². The van der Waals surface area contributed by atoms with Crippen LogP contribution in [0.5, 0.6) is 0 Å². The molecular formula is C25H25NO4. The molecule has 1 aromatic heterocycles. The van der Waals surface area contributed by atoms with Crippen LogP contribution in [0.1, 0.15) is 35.5 Å². The van der Waals surface area contributed by atoms with Gasteiger partial charge in [-0.05, 0) is 41.3 Å². The van der Waals surface area contributed by atoms with Crippen molar-refractivity contribution in [3.05, 3.63) is 95.5 Å². The fourth-order valence-corrected chi connectivity index (χ4v) is 3.98. The smallest absolute Gasteiger partial charge is 0.410 e. The van der Waals surface area contributed by atoms with Crippen molar-refractivity contribution >= 4 is 6.09 Å². The normalized spacial score (nSPS) is 12.3. The van der Waals surface area contributed by atoms with Gasteiger partial charge in [0.05, 0.1) is 6.54 Å². The molecule has 1 amide bonds. The van der Waals surface area contributed by atoms with E-state index in [4.69, 9.17) is 9.15 Å². The Morgan fingerprint density at radius 1 is 1.03 bits per heavy atom. The number of amides is 1. The Kier molecular flexibility index (Phi) is 5.72. The van der Waals surface area contributed by atoms with E-state index in [1.165, 1.54) is 22.3 Å². The van der Waals surface area contributed by atoms with Crippen LogP contribution in [0.25, 0.3) is 11.1 Å². The summed E-state index contributed by atoms with van der Waals surface area (Å²) in [4.78, 5) is 14.5. The number of benzene rings is 2. The number of ether oxygens (including phenoxy) is 1. The number of fused-ring (bicyclic) bond motifs is 3. The summed E-state index contributed by atoms with van der Waals surface area (Å²) >= 11 is 0. The Balaban J connectivity index is 1.50. The van der Waals surface area contributed by atoms with Gasteiger partial charge in [0.1, 0.15) is 24.7 Å². The van der Waals surface area contributed by atoms with Gasteiger partial charge in [0.25, 0.3) is 0 Å². The number of carbonyl (C=O) groups excluding carboxylic acids is 1. The van der Waals surface area contributed by atoms with Crippen LogP contribution < -0.4 is 0 Å². The third-order valence-electron chi connectivity index (χ3n) is 5.27. The molecule has 0 saturated heterocycles. The average Bonchev–Trinajstić information content (AvgIpc) is 3.33.